The van der Waals surface area contributed by atoms with Crippen molar-refractivity contribution in [3.8, 4) is 0 Å². The average Bonchev–Trinajstić information content (AvgIpc) is 1.69. The Kier molecular flexibility index (Phi) is 36.8. The van der Waals surface area contributed by atoms with Gasteiger partial charge in [-0.2, -0.15) is 5.10 Å². The van der Waals surface area contributed by atoms with E-state index in [1.54, 1.807) is 23.2 Å². The smallest absolute Gasteiger partial charge is 0.267 e. The van der Waals surface area contributed by atoms with E-state index in [4.69, 9.17) is 0 Å². The molecule has 135 heavy (non-hydrogen) atoms. The monoisotopic (exact) mass is 1880 g/mol. The van der Waals surface area contributed by atoms with Gasteiger partial charge < -0.3 is 74.5 Å². The summed E-state index contributed by atoms with van der Waals surface area (Å²) in [5, 5.41) is 22.6. The molecule has 0 bridgehead atoms. The van der Waals surface area contributed by atoms with Gasteiger partial charge in [-0.25, -0.2) is 14.6 Å². The van der Waals surface area contributed by atoms with E-state index in [2.05, 4.69) is 71.1 Å². The summed E-state index contributed by atoms with van der Waals surface area (Å²) in [6, 6.07) is 3.39. The number of likely N-dealkylation sites (tertiary alicyclic amines) is 10. The lowest BCUT2D eigenvalue weighted by Crippen LogP contribution is -2.57. The normalized spacial score (nSPS) is 26.1. The standard InChI is InChI=1S/C20H29N5O3.C20H30N4O3.C19H25N3O3.C19H29N3O3.C18H24N4O3.5CH4/c1-2-3-10-23-12-20(9-7-17(23)26)8-4-11-24(13-20)18(27)15-5-6-16-21-14-22-25(16)19(15)28;1-14-16(19(27)22-21-14)11-18(26)23-10-4-8-20(12-23)9-7-17(25)24(13-20)15-5-2-3-6-15;23-16-5-4-15(10-20-16)18(25)21-9-1-7-19(12-21)8-6-17(24)22(13-19)11-14-2-3-14;1-14(2)5-9-21-12-19(7-4-17(21)24)6-3-8-22(13-19)18(25)15-10-16(23)20-11-15;23-15-4-6-18(11-22(15)9-13-2-3-13)5-1-7-21(10-18)17(25)14-8-19-12-20-16(14)24;;;;;/h5,14,19,28H,2-4,6-13H2,1H3;15H,2-13H2,1H3,(H2,21,22,27);4-5,10,14H,1-3,6-9,11-13H2,(H,20,23);11,14H,3-10,12-13H2,1-2H3,(H,20,23);8,12-13H,1-7,9-11H2,(H,19,20,24);5*1H4. The Bertz CT molecular complexity index is 5050. The number of allylic oxidation sites excluding steroid dienone is 1. The van der Waals surface area contributed by atoms with Crippen LogP contribution in [0.4, 0.5) is 0 Å². The summed E-state index contributed by atoms with van der Waals surface area (Å²) in [6.45, 7) is 22.5. The van der Waals surface area contributed by atoms with Crippen LogP contribution < -0.4 is 22.0 Å². The van der Waals surface area contributed by atoms with Crippen molar-refractivity contribution >= 4 is 65.0 Å². The second kappa shape index (κ2) is 46.6. The molecule has 5 spiro atoms. The number of H-pyrrole nitrogens is 4. The van der Waals surface area contributed by atoms with E-state index in [0.717, 1.165) is 213 Å². The number of pyridine rings is 1. The van der Waals surface area contributed by atoms with Gasteiger partial charge in [0.1, 0.15) is 17.7 Å². The number of piperidine rings is 10. The summed E-state index contributed by atoms with van der Waals surface area (Å²) in [7, 11) is 0. The molecule has 6 N–H and O–H groups in total. The van der Waals surface area contributed by atoms with Crippen molar-refractivity contribution in [2.45, 2.75) is 295 Å². The average molecular weight is 1880 g/mol. The lowest BCUT2D eigenvalue weighted by Gasteiger charge is -2.49. The molecule has 15 aliphatic rings. The first-order chi connectivity index (χ1) is 62.5. The van der Waals surface area contributed by atoms with E-state index in [1.165, 1.54) is 74.3 Å². The highest BCUT2D eigenvalue weighted by atomic mass is 16.3. The lowest BCUT2D eigenvalue weighted by atomic mass is 9.73. The van der Waals surface area contributed by atoms with Gasteiger partial charge in [-0.15, -0.1) is 0 Å². The van der Waals surface area contributed by atoms with Crippen molar-refractivity contribution in [2.24, 2.45) is 44.8 Å². The molecule has 11 amide bonds. The minimum absolute atomic E-state index is 0. The molecule has 4 aromatic rings. The fourth-order valence-electron chi connectivity index (χ4n) is 22.9. The SMILES string of the molecule is C.C.C.C.C.CC(C)CCN1CC2(CCCN(C(=O)C3=CNC(=O)C3)C2)CCC1=O.CCCCN1CC2(CCCN(C(=O)C3=CCc4ncnn4C3O)C2)CCC1=O.Cc1[nH][nH]c(=O)c1CC(=O)N1CCCC2(CCC(=O)N(C3CCCC3)C2)C1.O=C1CCC2(CCCN(C(=O)c3ccc(=O)[nH]c3)C2)CN1CC1CC1.O=C1CCC2(CCCN(C(=O)c3cnc[nH]c3=O)C2)CN1CC1CC1. The third kappa shape index (κ3) is 26.1. The number of unbranched alkanes of at least 4 members (excludes halogenated alkanes) is 1. The van der Waals surface area contributed by atoms with Gasteiger partial charge in [0, 0.05) is 237 Å². The molecule has 3 aliphatic carbocycles. The number of carbonyl (C=O) groups excluding carboxylic acids is 11. The Morgan fingerprint density at radius 1 is 0.519 bits per heavy atom. The fourth-order valence-corrected chi connectivity index (χ4v) is 22.9. The number of fused-ring (bicyclic) bond motifs is 1. The van der Waals surface area contributed by atoms with Crippen LogP contribution in [-0.2, 0) is 56.0 Å². The summed E-state index contributed by atoms with van der Waals surface area (Å²) in [5.41, 5.74) is 2.08. The van der Waals surface area contributed by atoms with Gasteiger partial charge in [-0.3, -0.25) is 72.2 Å². The third-order valence-electron chi connectivity index (χ3n) is 30.7. The van der Waals surface area contributed by atoms with E-state index in [9.17, 15) is 72.2 Å². The van der Waals surface area contributed by atoms with E-state index < -0.39 is 11.8 Å². The highest BCUT2D eigenvalue weighted by Crippen LogP contribution is 2.47. The number of rotatable bonds is 17. The van der Waals surface area contributed by atoms with Crippen LogP contribution in [0, 0.1) is 51.8 Å². The van der Waals surface area contributed by atoms with Gasteiger partial charge in [0.05, 0.1) is 30.3 Å². The third-order valence-corrected chi connectivity index (χ3v) is 30.7. The number of aliphatic hydroxyl groups excluding tert-OH is 1. The Morgan fingerprint density at radius 3 is 1.48 bits per heavy atom. The zero-order valence-electron chi connectivity index (χ0n) is 76.9. The molecular formula is C101H157N19O15. The van der Waals surface area contributed by atoms with Crippen LogP contribution in [0.15, 0.2) is 75.0 Å². The van der Waals surface area contributed by atoms with Crippen LogP contribution in [0.5, 0.6) is 0 Å². The highest BCUT2D eigenvalue weighted by molar-refractivity contribution is 6.02. The number of hydrogen-bond acceptors (Lipinski definition) is 18. The number of hydrogen-bond donors (Lipinski definition) is 6. The molecule has 13 fully saturated rings. The number of carbonyl (C=O) groups is 11. The minimum atomic E-state index is -1.08. The summed E-state index contributed by atoms with van der Waals surface area (Å²) >= 11 is 0. The maximum atomic E-state index is 13.2. The van der Waals surface area contributed by atoms with Gasteiger partial charge >= 0.3 is 0 Å². The second-order valence-electron chi connectivity index (χ2n) is 41.2. The Hall–Kier alpha value is -10.4. The van der Waals surface area contributed by atoms with Crippen LogP contribution in [0.1, 0.15) is 307 Å². The van der Waals surface area contributed by atoms with Crippen LogP contribution >= 0.6 is 0 Å². The zero-order valence-corrected chi connectivity index (χ0v) is 76.9. The predicted octanol–water partition coefficient (Wildman–Crippen LogP) is 10.5. The Morgan fingerprint density at radius 2 is 1.00 bits per heavy atom. The number of aliphatic hydroxyl groups is 1. The van der Waals surface area contributed by atoms with Crippen molar-refractivity contribution in [3.63, 3.8) is 0 Å². The Labute approximate surface area is 797 Å². The van der Waals surface area contributed by atoms with Crippen molar-refractivity contribution in [3.05, 3.63) is 120 Å². The first kappa shape index (κ1) is 107. The van der Waals surface area contributed by atoms with Crippen LogP contribution in [0.2, 0.25) is 0 Å². The van der Waals surface area contributed by atoms with Gasteiger partial charge in [0.25, 0.3) is 34.7 Å². The molecule has 34 nitrogen and oxygen atoms in total. The molecule has 16 heterocycles. The van der Waals surface area contributed by atoms with Gasteiger partial charge in [0.15, 0.2) is 6.23 Å². The quantitative estimate of drug-likeness (QED) is 0.0572. The topological polar surface area (TPSA) is 410 Å². The van der Waals surface area contributed by atoms with E-state index in [-0.39, 0.29) is 153 Å². The van der Waals surface area contributed by atoms with E-state index in [1.807, 2.05) is 41.2 Å². The van der Waals surface area contributed by atoms with Gasteiger partial charge in [0.2, 0.25) is 46.9 Å². The van der Waals surface area contributed by atoms with Crippen LogP contribution in [-0.4, -0.2) is 289 Å². The zero-order chi connectivity index (χ0) is 91.7. The maximum absolute atomic E-state index is 13.2. The number of amides is 11. The molecule has 6 unspecified atom stereocenters. The lowest BCUT2D eigenvalue weighted by molar-refractivity contribution is -0.146. The van der Waals surface area contributed by atoms with Gasteiger partial charge in [-0.05, 0) is 178 Å². The van der Waals surface area contributed by atoms with Crippen molar-refractivity contribution in [1.29, 1.82) is 0 Å². The number of nitrogens with zero attached hydrogens (tertiary/aromatic N) is 14. The van der Waals surface area contributed by atoms with E-state index >= 15 is 0 Å². The van der Waals surface area contributed by atoms with Crippen LogP contribution in [0.25, 0.3) is 0 Å². The molecule has 12 aliphatic heterocycles. The first-order valence-electron chi connectivity index (χ1n) is 48.6. The summed E-state index contributed by atoms with van der Waals surface area (Å²) in [4.78, 5) is 205. The molecule has 6 atom stereocenters. The predicted molar refractivity (Wildman–Crippen MR) is 515 cm³/mol. The summed E-state index contributed by atoms with van der Waals surface area (Å²) < 4.78 is 1.42. The molecule has 746 valence electrons. The molecule has 34 heteroatoms. The summed E-state index contributed by atoms with van der Waals surface area (Å²) in [5.74, 6) is 3.42. The van der Waals surface area contributed by atoms with Crippen molar-refractivity contribution in [2.75, 3.05) is 124 Å². The fraction of sp³-hybridized carbons (Fsp3) is 0.713. The number of nitrogens with one attached hydrogen (secondary N) is 5. The van der Waals surface area contributed by atoms with Crippen molar-refractivity contribution in [1.82, 2.24) is 94.2 Å². The Balaban J connectivity index is 0.000000173. The second-order valence-corrected chi connectivity index (χ2v) is 41.2. The molecule has 0 radical (unpaired) electrons. The largest absolute Gasteiger partial charge is 0.368 e. The molecule has 10 saturated heterocycles. The van der Waals surface area contributed by atoms with E-state index in [0.29, 0.717) is 142 Å². The van der Waals surface area contributed by atoms with Crippen molar-refractivity contribution < 1.29 is 57.8 Å². The molecular weight excluding hydrogens is 1720 g/mol. The molecule has 4 aromatic heterocycles. The van der Waals surface area contributed by atoms with Gasteiger partial charge in [-0.1, -0.05) is 83.2 Å². The number of aryl methyl sites for hydroxylation is 1. The summed E-state index contributed by atoms with van der Waals surface area (Å²) in [6.07, 6.45) is 38.6. The highest BCUT2D eigenvalue weighted by Gasteiger charge is 2.51. The van der Waals surface area contributed by atoms with Crippen LogP contribution in [0.3, 0.4) is 0 Å². The maximum Gasteiger partial charge on any atom is 0.267 e. The molecule has 3 saturated carbocycles. The number of aromatic amines is 4. The molecule has 0 aromatic carbocycles. The molecule has 19 rings (SSSR count). The minimum Gasteiger partial charge on any atom is -0.368 e. The first-order valence-corrected chi connectivity index (χ1v) is 48.6. The number of aromatic nitrogens is 8.